The van der Waals surface area contributed by atoms with E-state index in [-0.39, 0.29) is 29.6 Å². The molecule has 0 N–H and O–H groups in total. The predicted molar refractivity (Wildman–Crippen MR) is 27.8 cm³/mol. The zero-order valence-electron chi connectivity index (χ0n) is 3.44. The molecule has 0 amide bonds. The molecule has 0 nitrogen and oxygen atoms in total. The van der Waals surface area contributed by atoms with E-state index in [1.165, 1.54) is 12.8 Å². The van der Waals surface area contributed by atoms with Crippen LogP contribution in [0.3, 0.4) is 0 Å². The summed E-state index contributed by atoms with van der Waals surface area (Å²) >= 11 is 4.08. The molecule has 1 rings (SSSR count). The summed E-state index contributed by atoms with van der Waals surface area (Å²) in [6.45, 7) is 0. The number of hydrogen-bond donors (Lipinski definition) is 1. The molecule has 0 saturated heterocycles. The summed E-state index contributed by atoms with van der Waals surface area (Å²) in [6, 6.07) is 0. The van der Waals surface area contributed by atoms with Crippen LogP contribution in [-0.2, 0) is 0 Å². The quantitative estimate of drug-likeness (QED) is 0.334. The summed E-state index contributed by atoms with van der Waals surface area (Å²) in [5, 5.41) is 0.778. The summed E-state index contributed by atoms with van der Waals surface area (Å²) in [4.78, 5) is 0. The molecule has 1 aliphatic carbocycles. The average Bonchev–Trinajstić information content (AvgIpc) is 1.75. The molecule has 0 aromatic carbocycles. The van der Waals surface area contributed by atoms with Crippen molar-refractivity contribution in [1.29, 1.82) is 0 Å². The Labute approximate surface area is 60.0 Å². The van der Waals surface area contributed by atoms with Crippen molar-refractivity contribution in [3.05, 3.63) is 0 Å². The van der Waals surface area contributed by atoms with Crippen LogP contribution in [0.4, 0.5) is 0 Å². The number of rotatable bonds is 0. The van der Waals surface area contributed by atoms with E-state index in [2.05, 4.69) is 12.6 Å². The Balaban J connectivity index is 0.000000160. The maximum absolute atomic E-state index is 4.08. The van der Waals surface area contributed by atoms with Crippen LogP contribution < -0.4 is 0 Å². The fourth-order valence-electron chi connectivity index (χ4n) is 0.0745. The third-order valence-electron chi connectivity index (χ3n) is 0.547. The topological polar surface area (TPSA) is 0 Å². The molecule has 1 fully saturated rings. The van der Waals surface area contributed by atoms with Crippen LogP contribution in [0.25, 0.3) is 0 Å². The van der Waals surface area contributed by atoms with Crippen LogP contribution in [0.15, 0.2) is 0 Å². The molecule has 2 heteroatoms. The van der Waals surface area contributed by atoms with Crippen LogP contribution in [0.2, 0.25) is 0 Å². The minimum atomic E-state index is 0. The van der Waals surface area contributed by atoms with Crippen LogP contribution in [0, 0.1) is 0 Å². The maximum atomic E-state index is 4.08. The summed E-state index contributed by atoms with van der Waals surface area (Å²) in [5.74, 6) is 0. The van der Waals surface area contributed by atoms with Crippen molar-refractivity contribution < 1.29 is 0 Å². The first-order valence-electron chi connectivity index (χ1n) is 1.57. The molecular weight excluding hydrogens is 91.1 g/mol. The Morgan fingerprint density at radius 1 is 1.40 bits per heavy atom. The Bertz CT molecular complexity index is 26.1. The van der Waals surface area contributed by atoms with E-state index in [4.69, 9.17) is 0 Å². The molecular formula is C3H6NaS. The first-order chi connectivity index (χ1) is 1.89. The van der Waals surface area contributed by atoms with Gasteiger partial charge in [-0.25, -0.2) is 0 Å². The van der Waals surface area contributed by atoms with Gasteiger partial charge in [-0.1, -0.05) is 0 Å². The van der Waals surface area contributed by atoms with Gasteiger partial charge in [-0.3, -0.25) is 0 Å². The average molecular weight is 97.1 g/mol. The molecule has 1 radical (unpaired) electrons. The molecule has 0 aromatic heterocycles. The van der Waals surface area contributed by atoms with Gasteiger partial charge in [0.15, 0.2) is 0 Å². The smallest absolute Gasteiger partial charge is 0.00176 e. The molecule has 0 aromatic rings. The fourth-order valence-corrected chi connectivity index (χ4v) is 0.224. The normalized spacial score (nSPS) is 21.0. The Morgan fingerprint density at radius 2 is 1.60 bits per heavy atom. The van der Waals surface area contributed by atoms with Crippen molar-refractivity contribution in [1.82, 2.24) is 0 Å². The molecule has 0 atom stereocenters. The van der Waals surface area contributed by atoms with Gasteiger partial charge in [0.25, 0.3) is 0 Å². The second-order valence-corrected chi connectivity index (χ2v) is 1.96. The first kappa shape index (κ1) is 6.35. The fraction of sp³-hybridized carbons (Fsp3) is 1.00. The maximum Gasteiger partial charge on any atom is 0.00176 e. The van der Waals surface area contributed by atoms with Crippen molar-refractivity contribution in [2.75, 3.05) is 0 Å². The Kier molecular flexibility index (Phi) is 3.19. The minimum Gasteiger partial charge on any atom is -0.176 e. The van der Waals surface area contributed by atoms with Crippen molar-refractivity contribution in [3.63, 3.8) is 0 Å². The first-order valence-corrected chi connectivity index (χ1v) is 2.09. The van der Waals surface area contributed by atoms with E-state index in [0.29, 0.717) is 0 Å². The van der Waals surface area contributed by atoms with Crippen molar-refractivity contribution in [3.8, 4) is 0 Å². The van der Waals surface area contributed by atoms with Gasteiger partial charge < -0.3 is 0 Å². The second kappa shape index (κ2) is 2.51. The van der Waals surface area contributed by atoms with E-state index < -0.39 is 0 Å². The summed E-state index contributed by atoms with van der Waals surface area (Å²) in [6.07, 6.45) is 2.70. The molecule has 0 bridgehead atoms. The van der Waals surface area contributed by atoms with E-state index in [0.717, 1.165) is 5.25 Å². The minimum absolute atomic E-state index is 0. The third kappa shape index (κ3) is 3.17. The molecule has 5 heavy (non-hydrogen) atoms. The van der Waals surface area contributed by atoms with Gasteiger partial charge in [-0.15, -0.1) is 0 Å². The van der Waals surface area contributed by atoms with Crippen molar-refractivity contribution in [2.45, 2.75) is 18.1 Å². The van der Waals surface area contributed by atoms with Gasteiger partial charge in [0.2, 0.25) is 0 Å². The van der Waals surface area contributed by atoms with E-state index in [1.807, 2.05) is 0 Å². The Hall–Kier alpha value is 1.35. The summed E-state index contributed by atoms with van der Waals surface area (Å²) < 4.78 is 0. The van der Waals surface area contributed by atoms with Gasteiger partial charge in [0.1, 0.15) is 0 Å². The van der Waals surface area contributed by atoms with E-state index in [1.54, 1.807) is 0 Å². The van der Waals surface area contributed by atoms with Gasteiger partial charge in [0.05, 0.1) is 0 Å². The molecule has 25 valence electrons. The monoisotopic (exact) mass is 97.0 g/mol. The number of thiol groups is 1. The third-order valence-corrected chi connectivity index (χ3v) is 1.06. The van der Waals surface area contributed by atoms with Crippen LogP contribution in [-0.4, -0.2) is 34.8 Å². The molecule has 0 heterocycles. The molecule has 0 spiro atoms. The van der Waals surface area contributed by atoms with E-state index >= 15 is 0 Å². The molecule has 0 unspecified atom stereocenters. The van der Waals surface area contributed by atoms with Gasteiger partial charge in [0, 0.05) is 34.8 Å². The molecule has 1 aliphatic rings. The standard InChI is InChI=1S/C3H6S.Na/c4-3-1-2-3;/h3-4H,1-2H2;. The Morgan fingerprint density at radius 3 is 1.60 bits per heavy atom. The zero-order chi connectivity index (χ0) is 2.99. The second-order valence-electron chi connectivity index (χ2n) is 1.23. The van der Waals surface area contributed by atoms with Crippen molar-refractivity contribution in [2.24, 2.45) is 0 Å². The van der Waals surface area contributed by atoms with Crippen molar-refractivity contribution >= 4 is 42.2 Å². The summed E-state index contributed by atoms with van der Waals surface area (Å²) in [5.41, 5.74) is 0. The molecule has 1 saturated carbocycles. The van der Waals surface area contributed by atoms with Gasteiger partial charge >= 0.3 is 0 Å². The van der Waals surface area contributed by atoms with E-state index in [9.17, 15) is 0 Å². The van der Waals surface area contributed by atoms with Crippen LogP contribution in [0.1, 0.15) is 12.8 Å². The summed E-state index contributed by atoms with van der Waals surface area (Å²) in [7, 11) is 0. The van der Waals surface area contributed by atoms with Crippen LogP contribution >= 0.6 is 12.6 Å². The molecule has 0 aliphatic heterocycles. The SMILES string of the molecule is SC1CC1.[Na]. The predicted octanol–water partition coefficient (Wildman–Crippen LogP) is 0.698. The largest absolute Gasteiger partial charge is 0.176 e. The van der Waals surface area contributed by atoms with Crippen LogP contribution in [0.5, 0.6) is 0 Å². The van der Waals surface area contributed by atoms with Gasteiger partial charge in [-0.2, -0.15) is 12.6 Å². The van der Waals surface area contributed by atoms with Gasteiger partial charge in [-0.05, 0) is 12.8 Å². The zero-order valence-corrected chi connectivity index (χ0v) is 6.33. The number of hydrogen-bond acceptors (Lipinski definition) is 1.